The average molecular weight is 291 g/mol. The Hall–Kier alpha value is -1.78. The molecule has 0 saturated heterocycles. The first-order valence-electron chi connectivity index (χ1n) is 7.84. The molecule has 1 aromatic carbocycles. The lowest BCUT2D eigenvalue weighted by molar-refractivity contribution is -0.384. The highest BCUT2D eigenvalue weighted by Gasteiger charge is 2.17. The molecule has 1 aromatic rings. The third-order valence-electron chi connectivity index (χ3n) is 4.19. The van der Waals surface area contributed by atoms with Gasteiger partial charge < -0.3 is 10.2 Å². The molecule has 1 aliphatic rings. The number of nitrogens with zero attached hydrogens (tertiary/aromatic N) is 2. The van der Waals surface area contributed by atoms with E-state index in [9.17, 15) is 10.1 Å². The molecular formula is C16H25N3O2. The zero-order valence-electron chi connectivity index (χ0n) is 13.0. The van der Waals surface area contributed by atoms with Gasteiger partial charge in [0, 0.05) is 43.6 Å². The predicted molar refractivity (Wildman–Crippen MR) is 87.1 cm³/mol. The van der Waals surface area contributed by atoms with E-state index >= 15 is 0 Å². The van der Waals surface area contributed by atoms with Crippen LogP contribution >= 0.6 is 0 Å². The van der Waals surface area contributed by atoms with Gasteiger partial charge in [-0.1, -0.05) is 19.3 Å². The molecule has 1 aliphatic carbocycles. The average Bonchev–Trinajstić information content (AvgIpc) is 2.48. The summed E-state index contributed by atoms with van der Waals surface area (Å²) < 4.78 is 0. The van der Waals surface area contributed by atoms with Crippen molar-refractivity contribution in [2.24, 2.45) is 5.92 Å². The van der Waals surface area contributed by atoms with Gasteiger partial charge >= 0.3 is 0 Å². The van der Waals surface area contributed by atoms with Gasteiger partial charge in [-0.2, -0.15) is 0 Å². The standard InChI is InChI=1S/C16H25N3O2/c1-3-17-14-9-15(11-16(10-14)19(20)21)18(2)12-13-7-5-4-6-8-13/h9-11,13,17H,3-8,12H2,1-2H3. The van der Waals surface area contributed by atoms with Crippen LogP contribution in [0.3, 0.4) is 0 Å². The molecule has 0 aromatic heterocycles. The van der Waals surface area contributed by atoms with Crippen molar-refractivity contribution >= 4 is 17.1 Å². The molecule has 0 unspecified atom stereocenters. The number of nitrogens with one attached hydrogen (secondary N) is 1. The van der Waals surface area contributed by atoms with Crippen LogP contribution in [0.4, 0.5) is 17.1 Å². The first-order chi connectivity index (χ1) is 10.1. The number of benzene rings is 1. The van der Waals surface area contributed by atoms with Gasteiger partial charge in [-0.15, -0.1) is 0 Å². The molecule has 0 heterocycles. The normalized spacial score (nSPS) is 15.7. The number of nitro benzene ring substituents is 1. The highest BCUT2D eigenvalue weighted by molar-refractivity contribution is 5.64. The Labute approximate surface area is 126 Å². The molecule has 1 saturated carbocycles. The van der Waals surface area contributed by atoms with E-state index in [0.717, 1.165) is 24.5 Å². The van der Waals surface area contributed by atoms with Crippen molar-refractivity contribution in [1.29, 1.82) is 0 Å². The van der Waals surface area contributed by atoms with E-state index < -0.39 is 0 Å². The minimum absolute atomic E-state index is 0.152. The fraction of sp³-hybridized carbons (Fsp3) is 0.625. The number of hydrogen-bond acceptors (Lipinski definition) is 4. The van der Waals surface area contributed by atoms with Crippen molar-refractivity contribution in [2.45, 2.75) is 39.0 Å². The SMILES string of the molecule is CCNc1cc(N(C)CC2CCCCC2)cc([N+](=O)[O-])c1. The van der Waals surface area contributed by atoms with Gasteiger partial charge in [0.05, 0.1) is 4.92 Å². The van der Waals surface area contributed by atoms with Crippen LogP contribution in [0.5, 0.6) is 0 Å². The molecule has 0 spiro atoms. The smallest absolute Gasteiger partial charge is 0.273 e. The number of nitro groups is 1. The largest absolute Gasteiger partial charge is 0.385 e. The Balaban J connectivity index is 2.13. The molecule has 1 N–H and O–H groups in total. The van der Waals surface area contributed by atoms with Crippen LogP contribution in [0.2, 0.25) is 0 Å². The third-order valence-corrected chi connectivity index (χ3v) is 4.19. The van der Waals surface area contributed by atoms with Gasteiger partial charge in [0.1, 0.15) is 0 Å². The summed E-state index contributed by atoms with van der Waals surface area (Å²) in [6.07, 6.45) is 6.53. The van der Waals surface area contributed by atoms with Crippen LogP contribution < -0.4 is 10.2 Å². The molecule has 5 nitrogen and oxygen atoms in total. The summed E-state index contributed by atoms with van der Waals surface area (Å²) in [5.41, 5.74) is 1.89. The Morgan fingerprint density at radius 3 is 2.62 bits per heavy atom. The van der Waals surface area contributed by atoms with Gasteiger partial charge in [0.15, 0.2) is 0 Å². The molecule has 2 rings (SSSR count). The first kappa shape index (κ1) is 15.6. The van der Waals surface area contributed by atoms with Crippen molar-refractivity contribution in [3.8, 4) is 0 Å². The fourth-order valence-electron chi connectivity index (χ4n) is 3.09. The first-order valence-corrected chi connectivity index (χ1v) is 7.84. The molecule has 21 heavy (non-hydrogen) atoms. The van der Waals surface area contributed by atoms with Crippen LogP contribution in [0.15, 0.2) is 18.2 Å². The number of anilines is 2. The molecule has 1 fully saturated rings. The Kier molecular flexibility index (Phi) is 5.42. The van der Waals surface area contributed by atoms with Crippen LogP contribution in [-0.2, 0) is 0 Å². The van der Waals surface area contributed by atoms with E-state index in [0.29, 0.717) is 5.92 Å². The van der Waals surface area contributed by atoms with E-state index in [1.54, 1.807) is 12.1 Å². The van der Waals surface area contributed by atoms with Crippen molar-refractivity contribution in [1.82, 2.24) is 0 Å². The second-order valence-corrected chi connectivity index (χ2v) is 5.91. The van der Waals surface area contributed by atoms with E-state index in [-0.39, 0.29) is 10.6 Å². The van der Waals surface area contributed by atoms with Gasteiger partial charge in [0.25, 0.3) is 5.69 Å². The summed E-state index contributed by atoms with van der Waals surface area (Å²) in [6, 6.07) is 5.27. The number of rotatable bonds is 6. The maximum absolute atomic E-state index is 11.1. The summed E-state index contributed by atoms with van der Waals surface area (Å²) >= 11 is 0. The van der Waals surface area contributed by atoms with Gasteiger partial charge in [-0.3, -0.25) is 10.1 Å². The van der Waals surface area contributed by atoms with Gasteiger partial charge in [-0.05, 0) is 31.7 Å². The fourth-order valence-corrected chi connectivity index (χ4v) is 3.09. The van der Waals surface area contributed by atoms with E-state index in [4.69, 9.17) is 0 Å². The summed E-state index contributed by atoms with van der Waals surface area (Å²) in [6.45, 7) is 3.73. The van der Waals surface area contributed by atoms with E-state index in [1.165, 1.54) is 32.1 Å². The summed E-state index contributed by atoms with van der Waals surface area (Å²) in [4.78, 5) is 12.9. The summed E-state index contributed by atoms with van der Waals surface area (Å²) in [5.74, 6) is 0.714. The Morgan fingerprint density at radius 2 is 2.00 bits per heavy atom. The second kappa shape index (κ2) is 7.29. The Bertz CT molecular complexity index is 484. The maximum atomic E-state index is 11.1. The lowest BCUT2D eigenvalue weighted by atomic mass is 9.89. The van der Waals surface area contributed by atoms with Gasteiger partial charge in [-0.25, -0.2) is 0 Å². The van der Waals surface area contributed by atoms with Crippen molar-refractivity contribution in [3.05, 3.63) is 28.3 Å². The molecule has 0 radical (unpaired) electrons. The topological polar surface area (TPSA) is 58.4 Å². The lowest BCUT2D eigenvalue weighted by Crippen LogP contribution is -2.26. The van der Waals surface area contributed by atoms with Crippen molar-refractivity contribution in [2.75, 3.05) is 30.4 Å². The van der Waals surface area contributed by atoms with Gasteiger partial charge in [0.2, 0.25) is 0 Å². The molecule has 116 valence electrons. The monoisotopic (exact) mass is 291 g/mol. The number of hydrogen-bond donors (Lipinski definition) is 1. The minimum Gasteiger partial charge on any atom is -0.385 e. The zero-order chi connectivity index (χ0) is 15.2. The summed E-state index contributed by atoms with van der Waals surface area (Å²) in [7, 11) is 2.03. The van der Waals surface area contributed by atoms with E-state index in [2.05, 4.69) is 10.2 Å². The second-order valence-electron chi connectivity index (χ2n) is 5.91. The van der Waals surface area contributed by atoms with E-state index in [1.807, 2.05) is 20.0 Å². The molecule has 0 amide bonds. The van der Waals surface area contributed by atoms with Crippen molar-refractivity contribution < 1.29 is 4.92 Å². The predicted octanol–water partition coefficient (Wildman–Crippen LogP) is 4.04. The van der Waals surface area contributed by atoms with Crippen LogP contribution in [-0.4, -0.2) is 25.1 Å². The van der Waals surface area contributed by atoms with Crippen LogP contribution in [0.25, 0.3) is 0 Å². The lowest BCUT2D eigenvalue weighted by Gasteiger charge is -2.28. The minimum atomic E-state index is -0.321. The number of non-ortho nitro benzene ring substituents is 1. The van der Waals surface area contributed by atoms with Crippen LogP contribution in [0, 0.1) is 16.0 Å². The zero-order valence-corrected chi connectivity index (χ0v) is 13.0. The third kappa shape index (κ3) is 4.34. The molecule has 0 atom stereocenters. The summed E-state index contributed by atoms with van der Waals surface area (Å²) in [5, 5.41) is 14.3. The molecule has 0 aliphatic heterocycles. The Morgan fingerprint density at radius 1 is 1.29 bits per heavy atom. The molecule has 0 bridgehead atoms. The molecule has 5 heteroatoms. The maximum Gasteiger partial charge on any atom is 0.273 e. The van der Waals surface area contributed by atoms with Crippen LogP contribution in [0.1, 0.15) is 39.0 Å². The highest BCUT2D eigenvalue weighted by atomic mass is 16.6. The highest BCUT2D eigenvalue weighted by Crippen LogP contribution is 2.29. The van der Waals surface area contributed by atoms with Crippen molar-refractivity contribution in [3.63, 3.8) is 0 Å². The molecular weight excluding hydrogens is 266 g/mol. The quantitative estimate of drug-likeness (QED) is 0.634.